The molecule has 1 aromatic carbocycles. The van der Waals surface area contributed by atoms with E-state index in [4.69, 9.17) is 22.1 Å². The van der Waals surface area contributed by atoms with Crippen LogP contribution in [0.5, 0.6) is 0 Å². The highest BCUT2D eigenvalue weighted by atomic mass is 35.5. The predicted octanol–water partition coefficient (Wildman–Crippen LogP) is 3.48. The Kier molecular flexibility index (Phi) is 6.34. The van der Waals surface area contributed by atoms with Gasteiger partial charge in [0.05, 0.1) is 0 Å². The molecule has 1 unspecified atom stereocenters. The van der Waals surface area contributed by atoms with Crippen molar-refractivity contribution in [3.63, 3.8) is 0 Å². The summed E-state index contributed by atoms with van der Waals surface area (Å²) in [5.41, 5.74) is 8.65. The lowest BCUT2D eigenvalue weighted by atomic mass is 9.98. The molecule has 0 bridgehead atoms. The topological polar surface area (TPSA) is 38.5 Å². The summed E-state index contributed by atoms with van der Waals surface area (Å²) >= 11 is 6.16. The van der Waals surface area contributed by atoms with E-state index in [0.29, 0.717) is 5.92 Å². The molecule has 118 valence electrons. The Bertz CT molecular complexity index is 446. The van der Waals surface area contributed by atoms with Crippen LogP contribution < -0.4 is 10.6 Å². The van der Waals surface area contributed by atoms with Gasteiger partial charge in [0.25, 0.3) is 0 Å². The van der Waals surface area contributed by atoms with E-state index in [9.17, 15) is 0 Å². The Morgan fingerprint density at radius 3 is 2.76 bits per heavy atom. The number of hydrogen-bond donors (Lipinski definition) is 1. The molecule has 1 heterocycles. The SMILES string of the molecule is CCC(N)Cc1cc(Cl)ccc1N(C)CC1CCOCC1. The number of ether oxygens (including phenoxy) is 1. The van der Waals surface area contributed by atoms with E-state index in [1.165, 1.54) is 11.3 Å². The molecule has 21 heavy (non-hydrogen) atoms. The summed E-state index contributed by atoms with van der Waals surface area (Å²) in [6.45, 7) is 4.99. The second-order valence-electron chi connectivity index (χ2n) is 6.08. The maximum atomic E-state index is 6.16. The standard InChI is InChI=1S/C17H27ClN2O/c1-3-16(19)11-14-10-15(18)4-5-17(14)20(2)12-13-6-8-21-9-7-13/h4-5,10,13,16H,3,6-9,11-12,19H2,1-2H3. The van der Waals surface area contributed by atoms with Crippen molar-refractivity contribution < 1.29 is 4.74 Å². The van der Waals surface area contributed by atoms with Gasteiger partial charge >= 0.3 is 0 Å². The lowest BCUT2D eigenvalue weighted by molar-refractivity contribution is 0.0685. The zero-order valence-electron chi connectivity index (χ0n) is 13.1. The van der Waals surface area contributed by atoms with E-state index in [-0.39, 0.29) is 6.04 Å². The average Bonchev–Trinajstić information content (AvgIpc) is 2.48. The minimum Gasteiger partial charge on any atom is -0.381 e. The van der Waals surface area contributed by atoms with Crippen LogP contribution >= 0.6 is 11.6 Å². The zero-order chi connectivity index (χ0) is 15.2. The highest BCUT2D eigenvalue weighted by molar-refractivity contribution is 6.30. The average molecular weight is 311 g/mol. The van der Waals surface area contributed by atoms with Gasteiger partial charge < -0.3 is 15.4 Å². The van der Waals surface area contributed by atoms with Crippen molar-refractivity contribution in [2.75, 3.05) is 31.7 Å². The van der Waals surface area contributed by atoms with Crippen molar-refractivity contribution >= 4 is 17.3 Å². The van der Waals surface area contributed by atoms with Crippen LogP contribution in [0.25, 0.3) is 0 Å². The summed E-state index contributed by atoms with van der Waals surface area (Å²) in [6.07, 6.45) is 4.17. The molecule has 0 saturated carbocycles. The molecule has 1 saturated heterocycles. The third-order valence-corrected chi connectivity index (χ3v) is 4.57. The van der Waals surface area contributed by atoms with Crippen molar-refractivity contribution in [1.82, 2.24) is 0 Å². The van der Waals surface area contributed by atoms with Crippen molar-refractivity contribution in [3.05, 3.63) is 28.8 Å². The van der Waals surface area contributed by atoms with Crippen LogP contribution in [0.2, 0.25) is 5.02 Å². The molecule has 1 aliphatic heterocycles. The van der Waals surface area contributed by atoms with Crippen LogP contribution in [0.4, 0.5) is 5.69 Å². The zero-order valence-corrected chi connectivity index (χ0v) is 13.9. The Hall–Kier alpha value is -0.770. The van der Waals surface area contributed by atoms with Gasteiger partial charge in [0.2, 0.25) is 0 Å². The fraction of sp³-hybridized carbons (Fsp3) is 0.647. The van der Waals surface area contributed by atoms with Crippen LogP contribution in [0.1, 0.15) is 31.7 Å². The second kappa shape index (κ2) is 8.02. The van der Waals surface area contributed by atoms with Gasteiger partial charge in [-0.25, -0.2) is 0 Å². The minimum absolute atomic E-state index is 0.193. The molecule has 1 fully saturated rings. The third kappa shape index (κ3) is 4.87. The maximum absolute atomic E-state index is 6.16. The molecule has 1 aliphatic rings. The van der Waals surface area contributed by atoms with Crippen LogP contribution in [-0.2, 0) is 11.2 Å². The van der Waals surface area contributed by atoms with Crippen LogP contribution in [0.3, 0.4) is 0 Å². The lowest BCUT2D eigenvalue weighted by Crippen LogP contribution is -2.31. The van der Waals surface area contributed by atoms with Crippen molar-refractivity contribution in [1.29, 1.82) is 0 Å². The van der Waals surface area contributed by atoms with Gasteiger partial charge in [-0.3, -0.25) is 0 Å². The minimum atomic E-state index is 0.193. The smallest absolute Gasteiger partial charge is 0.0469 e. The first kappa shape index (κ1) is 16.6. The van der Waals surface area contributed by atoms with E-state index < -0.39 is 0 Å². The maximum Gasteiger partial charge on any atom is 0.0469 e. The van der Waals surface area contributed by atoms with E-state index in [1.54, 1.807) is 0 Å². The van der Waals surface area contributed by atoms with Gasteiger partial charge in [0, 0.05) is 43.6 Å². The molecule has 2 N–H and O–H groups in total. The van der Waals surface area contributed by atoms with E-state index >= 15 is 0 Å². The number of benzene rings is 1. The molecule has 0 radical (unpaired) electrons. The van der Waals surface area contributed by atoms with Crippen LogP contribution in [0.15, 0.2) is 18.2 Å². The molecule has 1 atom stereocenters. The predicted molar refractivity (Wildman–Crippen MR) is 90.2 cm³/mol. The number of rotatable bonds is 6. The van der Waals surface area contributed by atoms with Crippen molar-refractivity contribution in [2.45, 2.75) is 38.6 Å². The molecule has 1 aromatic rings. The molecule has 0 amide bonds. The molecular formula is C17H27ClN2O. The number of halogens is 1. The molecular weight excluding hydrogens is 284 g/mol. The molecule has 3 nitrogen and oxygen atoms in total. The highest BCUT2D eigenvalue weighted by Gasteiger charge is 2.18. The summed E-state index contributed by atoms with van der Waals surface area (Å²) in [5.74, 6) is 0.715. The Labute approximate surface area is 133 Å². The van der Waals surface area contributed by atoms with E-state index in [2.05, 4.69) is 31.0 Å². The lowest BCUT2D eigenvalue weighted by Gasteiger charge is -2.30. The summed E-state index contributed by atoms with van der Waals surface area (Å²) in [7, 11) is 2.17. The number of anilines is 1. The summed E-state index contributed by atoms with van der Waals surface area (Å²) in [6, 6.07) is 6.35. The summed E-state index contributed by atoms with van der Waals surface area (Å²) in [5, 5.41) is 0.788. The molecule has 0 spiro atoms. The number of nitrogens with zero attached hydrogens (tertiary/aromatic N) is 1. The normalized spacial score (nSPS) is 17.7. The molecule has 4 heteroatoms. The first-order valence-electron chi connectivity index (χ1n) is 7.93. The summed E-state index contributed by atoms with van der Waals surface area (Å²) in [4.78, 5) is 2.35. The Balaban J connectivity index is 2.09. The fourth-order valence-electron chi connectivity index (χ4n) is 2.93. The van der Waals surface area contributed by atoms with Crippen LogP contribution in [-0.4, -0.2) is 32.8 Å². The quantitative estimate of drug-likeness (QED) is 0.874. The first-order chi connectivity index (χ1) is 10.1. The molecule has 0 aromatic heterocycles. The number of hydrogen-bond acceptors (Lipinski definition) is 3. The Morgan fingerprint density at radius 2 is 2.10 bits per heavy atom. The molecule has 2 rings (SSSR count). The van der Waals surface area contributed by atoms with Crippen LogP contribution in [0, 0.1) is 5.92 Å². The number of nitrogens with two attached hydrogens (primary N) is 1. The first-order valence-corrected chi connectivity index (χ1v) is 8.30. The van der Waals surface area contributed by atoms with Gasteiger partial charge in [0.1, 0.15) is 0 Å². The summed E-state index contributed by atoms with van der Waals surface area (Å²) < 4.78 is 5.44. The molecule has 0 aliphatic carbocycles. The van der Waals surface area contributed by atoms with Crippen molar-refractivity contribution in [2.24, 2.45) is 11.7 Å². The van der Waals surface area contributed by atoms with Gasteiger partial charge in [-0.15, -0.1) is 0 Å². The van der Waals surface area contributed by atoms with E-state index in [0.717, 1.165) is 50.5 Å². The van der Waals surface area contributed by atoms with E-state index in [1.807, 2.05) is 6.07 Å². The largest absolute Gasteiger partial charge is 0.381 e. The Morgan fingerprint density at radius 1 is 1.38 bits per heavy atom. The fourth-order valence-corrected chi connectivity index (χ4v) is 3.13. The van der Waals surface area contributed by atoms with Gasteiger partial charge in [-0.2, -0.15) is 0 Å². The highest BCUT2D eigenvalue weighted by Crippen LogP contribution is 2.27. The van der Waals surface area contributed by atoms with Gasteiger partial charge in [-0.05, 0) is 55.4 Å². The van der Waals surface area contributed by atoms with Gasteiger partial charge in [0.15, 0.2) is 0 Å². The van der Waals surface area contributed by atoms with Crippen molar-refractivity contribution in [3.8, 4) is 0 Å². The monoisotopic (exact) mass is 310 g/mol. The van der Waals surface area contributed by atoms with Gasteiger partial charge in [-0.1, -0.05) is 18.5 Å². The third-order valence-electron chi connectivity index (χ3n) is 4.33. The second-order valence-corrected chi connectivity index (χ2v) is 6.52.